The topological polar surface area (TPSA) is 82.5 Å². The third-order valence-corrected chi connectivity index (χ3v) is 5.11. The number of anilines is 1. The predicted octanol–water partition coefficient (Wildman–Crippen LogP) is 1.05. The second kappa shape index (κ2) is 6.51. The number of nitrogens with zero attached hydrogens (tertiary/aromatic N) is 2. The number of hydrogen-bond donors (Lipinski definition) is 2. The molecule has 0 aromatic carbocycles. The largest absolute Gasteiger partial charge is 0.395 e. The minimum absolute atomic E-state index is 0.0324. The molecule has 6 nitrogen and oxygen atoms in total. The van der Waals surface area contributed by atoms with Gasteiger partial charge in [-0.25, -0.2) is 13.4 Å². The summed E-state index contributed by atoms with van der Waals surface area (Å²) >= 11 is 0. The van der Waals surface area contributed by atoms with Crippen LogP contribution in [0.3, 0.4) is 0 Å². The van der Waals surface area contributed by atoms with Crippen LogP contribution in [0.5, 0.6) is 0 Å². The number of rotatable bonds is 8. The molecule has 0 saturated heterocycles. The Hall–Kier alpha value is -1.18. The van der Waals surface area contributed by atoms with E-state index in [1.807, 2.05) is 6.92 Å². The van der Waals surface area contributed by atoms with Gasteiger partial charge in [-0.2, -0.15) is 4.31 Å². The molecule has 0 radical (unpaired) electrons. The Morgan fingerprint density at radius 1 is 1.45 bits per heavy atom. The standard InChI is InChI=1S/C13H21N3O3S/c1-2-7-14-13-6-5-12(10-15-13)20(18,19)16(8-9-17)11-3-4-11/h5-6,10-11,17H,2-4,7-9H2,1H3,(H,14,15). The van der Waals surface area contributed by atoms with Crippen molar-refractivity contribution in [2.24, 2.45) is 0 Å². The van der Waals surface area contributed by atoms with E-state index in [1.165, 1.54) is 10.5 Å². The fourth-order valence-electron chi connectivity index (χ4n) is 1.99. The maximum absolute atomic E-state index is 12.5. The summed E-state index contributed by atoms with van der Waals surface area (Å²) < 4.78 is 26.3. The molecule has 1 aliphatic rings. The SMILES string of the molecule is CCCNc1ccc(S(=O)(=O)N(CCO)C2CC2)cn1. The highest BCUT2D eigenvalue weighted by atomic mass is 32.2. The average molecular weight is 299 g/mol. The maximum Gasteiger partial charge on any atom is 0.244 e. The molecule has 20 heavy (non-hydrogen) atoms. The van der Waals surface area contributed by atoms with Gasteiger partial charge in [0.25, 0.3) is 0 Å². The first-order chi connectivity index (χ1) is 9.59. The molecule has 112 valence electrons. The van der Waals surface area contributed by atoms with Crippen LogP contribution in [0.2, 0.25) is 0 Å². The zero-order valence-corrected chi connectivity index (χ0v) is 12.4. The van der Waals surface area contributed by atoms with Crippen molar-refractivity contribution < 1.29 is 13.5 Å². The van der Waals surface area contributed by atoms with Crippen LogP contribution in [0.4, 0.5) is 5.82 Å². The van der Waals surface area contributed by atoms with Crippen LogP contribution in [0.1, 0.15) is 26.2 Å². The molecule has 0 bridgehead atoms. The van der Waals surface area contributed by atoms with Gasteiger partial charge in [-0.15, -0.1) is 0 Å². The summed E-state index contributed by atoms with van der Waals surface area (Å²) in [5.74, 6) is 0.672. The van der Waals surface area contributed by atoms with Crippen molar-refractivity contribution >= 4 is 15.8 Å². The number of aliphatic hydroxyl groups is 1. The van der Waals surface area contributed by atoms with E-state index in [9.17, 15) is 8.42 Å². The Kier molecular flexibility index (Phi) is 4.95. The van der Waals surface area contributed by atoms with Crippen molar-refractivity contribution in [1.82, 2.24) is 9.29 Å². The lowest BCUT2D eigenvalue weighted by atomic mass is 10.4. The van der Waals surface area contributed by atoms with Gasteiger partial charge >= 0.3 is 0 Å². The number of sulfonamides is 1. The normalized spacial score (nSPS) is 15.6. The van der Waals surface area contributed by atoms with Gasteiger partial charge in [0.2, 0.25) is 10.0 Å². The minimum atomic E-state index is -3.55. The van der Waals surface area contributed by atoms with Crippen LogP contribution in [0.25, 0.3) is 0 Å². The molecule has 2 rings (SSSR count). The Balaban J connectivity index is 2.15. The quantitative estimate of drug-likeness (QED) is 0.750. The molecule has 0 amide bonds. The van der Waals surface area contributed by atoms with E-state index in [0.29, 0.717) is 5.82 Å². The van der Waals surface area contributed by atoms with Crippen molar-refractivity contribution in [2.75, 3.05) is 25.0 Å². The number of aliphatic hydroxyl groups excluding tert-OH is 1. The Bertz CT molecular complexity index is 526. The molecular formula is C13H21N3O3S. The molecule has 1 aromatic heterocycles. The summed E-state index contributed by atoms with van der Waals surface area (Å²) in [5, 5.41) is 12.1. The van der Waals surface area contributed by atoms with E-state index < -0.39 is 10.0 Å². The highest BCUT2D eigenvalue weighted by Gasteiger charge is 2.37. The molecule has 2 N–H and O–H groups in total. The van der Waals surface area contributed by atoms with E-state index in [2.05, 4.69) is 10.3 Å². The maximum atomic E-state index is 12.5. The first-order valence-corrected chi connectivity index (χ1v) is 8.36. The van der Waals surface area contributed by atoms with Crippen LogP contribution >= 0.6 is 0 Å². The lowest BCUT2D eigenvalue weighted by molar-refractivity contribution is 0.250. The predicted molar refractivity (Wildman–Crippen MR) is 77.0 cm³/mol. The molecule has 0 unspecified atom stereocenters. The van der Waals surface area contributed by atoms with Gasteiger partial charge in [-0.3, -0.25) is 0 Å². The van der Waals surface area contributed by atoms with Crippen LogP contribution in [-0.2, 0) is 10.0 Å². The van der Waals surface area contributed by atoms with E-state index in [1.54, 1.807) is 12.1 Å². The minimum Gasteiger partial charge on any atom is -0.395 e. The number of nitrogens with one attached hydrogen (secondary N) is 1. The molecule has 1 heterocycles. The molecule has 0 atom stereocenters. The van der Waals surface area contributed by atoms with Crippen LogP contribution < -0.4 is 5.32 Å². The Labute approximate surface area is 119 Å². The van der Waals surface area contributed by atoms with Gasteiger partial charge in [0.1, 0.15) is 10.7 Å². The van der Waals surface area contributed by atoms with Gasteiger partial charge in [0.05, 0.1) is 6.61 Å². The first-order valence-electron chi connectivity index (χ1n) is 6.92. The van der Waals surface area contributed by atoms with Crippen LogP contribution in [-0.4, -0.2) is 48.6 Å². The smallest absolute Gasteiger partial charge is 0.244 e. The molecule has 1 aromatic rings. The van der Waals surface area contributed by atoms with Gasteiger partial charge in [0.15, 0.2) is 0 Å². The fraction of sp³-hybridized carbons (Fsp3) is 0.615. The third kappa shape index (κ3) is 3.47. The average Bonchev–Trinajstić information content (AvgIpc) is 3.27. The van der Waals surface area contributed by atoms with E-state index in [4.69, 9.17) is 5.11 Å². The van der Waals surface area contributed by atoms with Crippen LogP contribution in [0, 0.1) is 0 Å². The van der Waals surface area contributed by atoms with Crippen molar-refractivity contribution in [3.63, 3.8) is 0 Å². The number of aromatic nitrogens is 1. The first kappa shape index (κ1) is 15.2. The summed E-state index contributed by atoms with van der Waals surface area (Å²) in [6, 6.07) is 3.27. The highest BCUT2D eigenvalue weighted by Crippen LogP contribution is 2.31. The number of pyridine rings is 1. The van der Waals surface area contributed by atoms with Crippen molar-refractivity contribution in [3.8, 4) is 0 Å². The molecule has 7 heteroatoms. The Morgan fingerprint density at radius 3 is 2.70 bits per heavy atom. The highest BCUT2D eigenvalue weighted by molar-refractivity contribution is 7.89. The lowest BCUT2D eigenvalue weighted by Crippen LogP contribution is -2.35. The molecule has 1 fully saturated rings. The molecule has 1 aliphatic carbocycles. The van der Waals surface area contributed by atoms with E-state index >= 15 is 0 Å². The molecular weight excluding hydrogens is 278 g/mol. The molecule has 0 spiro atoms. The third-order valence-electron chi connectivity index (χ3n) is 3.17. The second-order valence-electron chi connectivity index (χ2n) is 4.88. The van der Waals surface area contributed by atoms with E-state index in [0.717, 1.165) is 25.8 Å². The summed E-state index contributed by atoms with van der Waals surface area (Å²) in [4.78, 5) is 4.31. The van der Waals surface area contributed by atoms with Gasteiger partial charge in [-0.05, 0) is 31.4 Å². The van der Waals surface area contributed by atoms with E-state index in [-0.39, 0.29) is 24.1 Å². The van der Waals surface area contributed by atoms with Crippen molar-refractivity contribution in [3.05, 3.63) is 18.3 Å². The summed E-state index contributed by atoms with van der Waals surface area (Å²) in [6.45, 7) is 2.83. The van der Waals surface area contributed by atoms with Crippen molar-refractivity contribution in [1.29, 1.82) is 0 Å². The van der Waals surface area contributed by atoms with Gasteiger partial charge in [-0.1, -0.05) is 6.92 Å². The molecule has 0 aliphatic heterocycles. The zero-order valence-electron chi connectivity index (χ0n) is 11.6. The molecule has 1 saturated carbocycles. The monoisotopic (exact) mass is 299 g/mol. The lowest BCUT2D eigenvalue weighted by Gasteiger charge is -2.20. The van der Waals surface area contributed by atoms with Gasteiger partial charge in [0, 0.05) is 25.3 Å². The Morgan fingerprint density at radius 2 is 2.20 bits per heavy atom. The summed E-state index contributed by atoms with van der Waals surface area (Å²) in [6.07, 6.45) is 4.08. The fourth-order valence-corrected chi connectivity index (χ4v) is 3.61. The number of hydrogen-bond acceptors (Lipinski definition) is 5. The summed E-state index contributed by atoms with van der Waals surface area (Å²) in [5.41, 5.74) is 0. The zero-order chi connectivity index (χ0) is 14.6. The van der Waals surface area contributed by atoms with Crippen LogP contribution in [0.15, 0.2) is 23.2 Å². The summed E-state index contributed by atoms with van der Waals surface area (Å²) in [7, 11) is -3.55. The van der Waals surface area contributed by atoms with Crippen molar-refractivity contribution in [2.45, 2.75) is 37.1 Å². The van der Waals surface area contributed by atoms with Gasteiger partial charge < -0.3 is 10.4 Å². The second-order valence-corrected chi connectivity index (χ2v) is 6.77.